The molecule has 3 nitrogen and oxygen atoms in total. The molecule has 0 saturated heterocycles. The van der Waals surface area contributed by atoms with Gasteiger partial charge < -0.3 is 9.64 Å². The Morgan fingerprint density at radius 2 is 1.53 bits per heavy atom. The summed E-state index contributed by atoms with van der Waals surface area (Å²) in [5.74, 6) is -0.265. The molecule has 0 N–H and O–H groups in total. The third-order valence-electron chi connectivity index (χ3n) is 3.34. The van der Waals surface area contributed by atoms with Crippen molar-refractivity contribution in [2.45, 2.75) is 59.3 Å². The van der Waals surface area contributed by atoms with E-state index in [0.29, 0.717) is 12.2 Å². The Bertz CT molecular complexity index is 247. The summed E-state index contributed by atoms with van der Waals surface area (Å²) >= 11 is 0. The molecule has 0 unspecified atom stereocenters. The van der Waals surface area contributed by atoms with Gasteiger partial charge in [-0.05, 0) is 39.4 Å². The van der Waals surface area contributed by atoms with E-state index in [1.54, 1.807) is 6.92 Å². The maximum absolute atomic E-state index is 11.1. The summed E-state index contributed by atoms with van der Waals surface area (Å²) in [6.45, 7) is 13.7. The average molecular weight is 269 g/mol. The van der Waals surface area contributed by atoms with Gasteiger partial charge in [0.15, 0.2) is 0 Å². The predicted octanol–water partition coefficient (Wildman–Crippen LogP) is 3.79. The molecule has 3 heteroatoms. The van der Waals surface area contributed by atoms with Gasteiger partial charge in [0.2, 0.25) is 0 Å². The lowest BCUT2D eigenvalue weighted by Gasteiger charge is -2.17. The van der Waals surface area contributed by atoms with Crippen molar-refractivity contribution in [1.29, 1.82) is 0 Å². The topological polar surface area (TPSA) is 29.5 Å². The molecule has 0 aliphatic carbocycles. The van der Waals surface area contributed by atoms with Gasteiger partial charge in [0.25, 0.3) is 0 Å². The van der Waals surface area contributed by atoms with Crippen molar-refractivity contribution in [3.63, 3.8) is 0 Å². The Labute approximate surface area is 119 Å². The molecule has 0 heterocycles. The Kier molecular flexibility index (Phi) is 11.7. The highest BCUT2D eigenvalue weighted by Gasteiger charge is 2.02. The molecular formula is C16H31NO2. The number of esters is 1. The lowest BCUT2D eigenvalue weighted by Crippen LogP contribution is -2.23. The second kappa shape index (κ2) is 12.2. The van der Waals surface area contributed by atoms with Gasteiger partial charge in [-0.2, -0.15) is 0 Å². The quantitative estimate of drug-likeness (QED) is 0.307. The van der Waals surface area contributed by atoms with Crippen LogP contribution in [-0.2, 0) is 9.53 Å². The summed E-state index contributed by atoms with van der Waals surface area (Å²) in [5.41, 5.74) is 0.483. The highest BCUT2D eigenvalue weighted by Crippen LogP contribution is 2.07. The third kappa shape index (κ3) is 10.8. The van der Waals surface area contributed by atoms with Crippen molar-refractivity contribution in [1.82, 2.24) is 4.90 Å². The number of unbranched alkanes of at least 4 members (excludes halogenated alkanes) is 5. The second-order valence-electron chi connectivity index (χ2n) is 5.06. The largest absolute Gasteiger partial charge is 0.462 e. The lowest BCUT2D eigenvalue weighted by atomic mass is 10.1. The molecule has 0 aliphatic heterocycles. The van der Waals surface area contributed by atoms with Crippen molar-refractivity contribution in [3.8, 4) is 0 Å². The van der Waals surface area contributed by atoms with Gasteiger partial charge in [-0.15, -0.1) is 0 Å². The first kappa shape index (κ1) is 18.2. The Balaban J connectivity index is 3.23. The van der Waals surface area contributed by atoms with Crippen molar-refractivity contribution >= 4 is 5.97 Å². The first-order valence-electron chi connectivity index (χ1n) is 7.66. The third-order valence-corrected chi connectivity index (χ3v) is 3.34. The molecule has 0 spiro atoms. The molecule has 0 aromatic heterocycles. The summed E-state index contributed by atoms with van der Waals surface area (Å²) in [4.78, 5) is 13.6. The van der Waals surface area contributed by atoms with E-state index in [0.717, 1.165) is 25.9 Å². The van der Waals surface area contributed by atoms with Crippen LogP contribution >= 0.6 is 0 Å². The normalized spacial score (nSPS) is 10.7. The molecule has 0 bridgehead atoms. The van der Waals surface area contributed by atoms with Crippen molar-refractivity contribution < 1.29 is 9.53 Å². The van der Waals surface area contributed by atoms with Gasteiger partial charge in [0.1, 0.15) is 0 Å². The van der Waals surface area contributed by atoms with E-state index in [4.69, 9.17) is 4.74 Å². The number of ether oxygens (including phenoxy) is 1. The number of hydrogen-bond donors (Lipinski definition) is 0. The minimum Gasteiger partial charge on any atom is -0.462 e. The van der Waals surface area contributed by atoms with Gasteiger partial charge in [0.05, 0.1) is 6.61 Å². The van der Waals surface area contributed by atoms with Crippen molar-refractivity contribution in [2.24, 2.45) is 0 Å². The van der Waals surface area contributed by atoms with Crippen LogP contribution in [0.3, 0.4) is 0 Å². The zero-order valence-corrected chi connectivity index (χ0v) is 13.0. The zero-order valence-electron chi connectivity index (χ0n) is 13.0. The van der Waals surface area contributed by atoms with Gasteiger partial charge in [-0.1, -0.05) is 46.1 Å². The number of carbonyl (C=O) groups is 1. The van der Waals surface area contributed by atoms with Crippen LogP contribution in [0.1, 0.15) is 59.3 Å². The van der Waals surface area contributed by atoms with E-state index in [1.165, 1.54) is 32.2 Å². The van der Waals surface area contributed by atoms with Gasteiger partial charge in [-0.3, -0.25) is 0 Å². The zero-order chi connectivity index (χ0) is 14.5. The van der Waals surface area contributed by atoms with Crippen LogP contribution in [0.5, 0.6) is 0 Å². The summed E-state index contributed by atoms with van der Waals surface area (Å²) in [5, 5.41) is 0. The van der Waals surface area contributed by atoms with Gasteiger partial charge in [0, 0.05) is 5.57 Å². The molecule has 0 fully saturated rings. The molecule has 112 valence electrons. The Hall–Kier alpha value is -0.830. The van der Waals surface area contributed by atoms with Crippen LogP contribution in [0.4, 0.5) is 0 Å². The standard InChI is InChI=1S/C16H31NO2/c1-5-17(6-2)13-11-9-7-8-10-12-14-19-16(18)15(3)4/h3,5-14H2,1-2,4H3. The summed E-state index contributed by atoms with van der Waals surface area (Å²) in [7, 11) is 0. The fourth-order valence-corrected chi connectivity index (χ4v) is 1.97. The van der Waals surface area contributed by atoms with E-state index in [9.17, 15) is 4.79 Å². The molecule has 0 radical (unpaired) electrons. The number of nitrogens with zero attached hydrogens (tertiary/aromatic N) is 1. The minimum absolute atomic E-state index is 0.265. The van der Waals surface area contributed by atoms with Crippen molar-refractivity contribution in [2.75, 3.05) is 26.2 Å². The average Bonchev–Trinajstić information content (AvgIpc) is 2.40. The van der Waals surface area contributed by atoms with E-state index in [-0.39, 0.29) is 5.97 Å². The summed E-state index contributed by atoms with van der Waals surface area (Å²) < 4.78 is 5.05. The molecule has 0 amide bonds. The second-order valence-corrected chi connectivity index (χ2v) is 5.06. The highest BCUT2D eigenvalue weighted by atomic mass is 16.5. The maximum atomic E-state index is 11.1. The van der Waals surface area contributed by atoms with Crippen molar-refractivity contribution in [3.05, 3.63) is 12.2 Å². The Morgan fingerprint density at radius 1 is 1.00 bits per heavy atom. The van der Waals surface area contributed by atoms with E-state index >= 15 is 0 Å². The molecular weight excluding hydrogens is 238 g/mol. The fraction of sp³-hybridized carbons (Fsp3) is 0.812. The van der Waals surface area contributed by atoms with E-state index in [1.807, 2.05) is 0 Å². The molecule has 0 aliphatic rings. The first-order valence-corrected chi connectivity index (χ1v) is 7.66. The number of rotatable bonds is 12. The SMILES string of the molecule is C=C(C)C(=O)OCCCCCCCCN(CC)CC. The summed E-state index contributed by atoms with van der Waals surface area (Å²) in [6, 6.07) is 0. The summed E-state index contributed by atoms with van der Waals surface area (Å²) in [6.07, 6.45) is 7.25. The smallest absolute Gasteiger partial charge is 0.333 e. The van der Waals surface area contributed by atoms with Crippen LogP contribution in [0.2, 0.25) is 0 Å². The minimum atomic E-state index is -0.265. The molecule has 0 aromatic carbocycles. The van der Waals surface area contributed by atoms with Gasteiger partial charge >= 0.3 is 5.97 Å². The first-order chi connectivity index (χ1) is 9.11. The maximum Gasteiger partial charge on any atom is 0.333 e. The number of hydrogen-bond acceptors (Lipinski definition) is 3. The van der Waals surface area contributed by atoms with Crippen LogP contribution in [0.25, 0.3) is 0 Å². The predicted molar refractivity (Wildman–Crippen MR) is 81.3 cm³/mol. The monoisotopic (exact) mass is 269 g/mol. The van der Waals surface area contributed by atoms with E-state index in [2.05, 4.69) is 25.3 Å². The molecule has 0 atom stereocenters. The molecule has 19 heavy (non-hydrogen) atoms. The molecule has 0 rings (SSSR count). The Morgan fingerprint density at radius 3 is 2.05 bits per heavy atom. The molecule has 0 saturated carbocycles. The van der Waals surface area contributed by atoms with E-state index < -0.39 is 0 Å². The fourth-order valence-electron chi connectivity index (χ4n) is 1.97. The van der Waals surface area contributed by atoms with Crippen LogP contribution < -0.4 is 0 Å². The van der Waals surface area contributed by atoms with Gasteiger partial charge in [-0.25, -0.2) is 4.79 Å². The van der Waals surface area contributed by atoms with Crippen LogP contribution in [0, 0.1) is 0 Å². The molecule has 0 aromatic rings. The number of carbonyl (C=O) groups excluding carboxylic acids is 1. The lowest BCUT2D eigenvalue weighted by molar-refractivity contribution is -0.139. The van der Waals surface area contributed by atoms with Crippen LogP contribution in [-0.4, -0.2) is 37.1 Å². The highest BCUT2D eigenvalue weighted by molar-refractivity contribution is 5.86. The van der Waals surface area contributed by atoms with Crippen LogP contribution in [0.15, 0.2) is 12.2 Å².